The number of aromatic nitrogens is 1. The second kappa shape index (κ2) is 4.72. The number of hydrogen-bond donors (Lipinski definition) is 2. The highest BCUT2D eigenvalue weighted by Crippen LogP contribution is 2.15. The third kappa shape index (κ3) is 1.89. The quantitative estimate of drug-likeness (QED) is 0.862. The number of nitrogens with one attached hydrogen (secondary N) is 1. The van der Waals surface area contributed by atoms with Gasteiger partial charge in [-0.05, 0) is 12.1 Å². The summed E-state index contributed by atoms with van der Waals surface area (Å²) in [4.78, 5) is 0.496. The second-order valence-corrected chi connectivity index (χ2v) is 3.78. The molecule has 0 aliphatic heterocycles. The Hall–Kier alpha value is -0.650. The molecule has 2 N–H and O–H groups in total. The van der Waals surface area contributed by atoms with E-state index < -0.39 is 0 Å². The van der Waals surface area contributed by atoms with Gasteiger partial charge in [-0.1, -0.05) is 23.5 Å². The average Bonchev–Trinajstić information content (AvgIpc) is 2.44. The van der Waals surface area contributed by atoms with Gasteiger partial charge in [0.1, 0.15) is 0 Å². The molecule has 1 heterocycles. The van der Waals surface area contributed by atoms with E-state index in [-0.39, 0.29) is 23.6 Å². The third-order valence-corrected chi connectivity index (χ3v) is 2.91. The number of para-hydroxylation sites is 1. The number of thiazole rings is 1. The van der Waals surface area contributed by atoms with E-state index in [1.165, 1.54) is 11.3 Å². The van der Waals surface area contributed by atoms with E-state index in [4.69, 9.17) is 10.5 Å². The summed E-state index contributed by atoms with van der Waals surface area (Å²) in [5, 5.41) is 16.5. The maximum Gasteiger partial charge on any atom is 0.182 e. The van der Waals surface area contributed by atoms with Crippen LogP contribution in [0.15, 0.2) is 24.3 Å². The minimum Gasteiger partial charge on any atom is -0.395 e. The molecule has 3 nitrogen and oxygen atoms in total. The van der Waals surface area contributed by atoms with Crippen LogP contribution in [-0.4, -0.2) is 16.3 Å². The maximum atomic E-state index is 8.82. The van der Waals surface area contributed by atoms with Gasteiger partial charge in [-0.15, -0.1) is 17.0 Å². The van der Waals surface area contributed by atoms with E-state index in [0.29, 0.717) is 11.3 Å². The molecule has 0 atom stereocenters. The predicted molar refractivity (Wildman–Crippen MR) is 63.1 cm³/mol. The first kappa shape index (κ1) is 11.4. The van der Waals surface area contributed by atoms with Crippen molar-refractivity contribution in [1.29, 1.82) is 5.41 Å². The first-order valence-electron chi connectivity index (χ1n) is 4.07. The first-order chi connectivity index (χ1) is 6.33. The number of aliphatic hydroxyl groups is 1. The monoisotopic (exact) mass is 274 g/mol. The normalized spacial score (nSPS) is 10.1. The lowest BCUT2D eigenvalue weighted by molar-refractivity contribution is 0.276. The molecule has 1 aromatic heterocycles. The van der Waals surface area contributed by atoms with Crippen LogP contribution in [0.3, 0.4) is 0 Å². The molecule has 0 spiro atoms. The molecule has 2 aromatic rings. The molecule has 0 fully saturated rings. The van der Waals surface area contributed by atoms with Crippen LogP contribution >= 0.6 is 28.3 Å². The molecular weight excluding hydrogens is 264 g/mol. The Kier molecular flexibility index (Phi) is 3.86. The van der Waals surface area contributed by atoms with E-state index in [9.17, 15) is 0 Å². The molecule has 0 aliphatic carbocycles. The number of halogens is 1. The molecule has 0 radical (unpaired) electrons. The molecule has 0 amide bonds. The van der Waals surface area contributed by atoms with Gasteiger partial charge in [0, 0.05) is 6.54 Å². The molecule has 76 valence electrons. The Morgan fingerprint density at radius 2 is 2.07 bits per heavy atom. The summed E-state index contributed by atoms with van der Waals surface area (Å²) in [6, 6.07) is 7.87. The Morgan fingerprint density at radius 3 is 2.79 bits per heavy atom. The van der Waals surface area contributed by atoms with E-state index in [2.05, 4.69) is 0 Å². The van der Waals surface area contributed by atoms with Crippen LogP contribution in [0.1, 0.15) is 0 Å². The topological polar surface area (TPSA) is 49.0 Å². The fraction of sp³-hybridized carbons (Fsp3) is 0.222. The molecule has 0 saturated carbocycles. The van der Waals surface area contributed by atoms with Crippen molar-refractivity contribution in [3.63, 3.8) is 0 Å². The van der Waals surface area contributed by atoms with Crippen molar-refractivity contribution in [2.75, 3.05) is 6.61 Å². The fourth-order valence-electron chi connectivity index (χ4n) is 1.36. The SMILES string of the molecule is Br.N=c1sc2ccccc2n1CCO. The molecule has 14 heavy (non-hydrogen) atoms. The van der Waals surface area contributed by atoms with Crippen molar-refractivity contribution in [1.82, 2.24) is 4.57 Å². The number of nitrogens with zero attached hydrogens (tertiary/aromatic N) is 1. The Morgan fingerprint density at radius 1 is 1.36 bits per heavy atom. The van der Waals surface area contributed by atoms with Crippen molar-refractivity contribution in [2.24, 2.45) is 0 Å². The van der Waals surface area contributed by atoms with Crippen LogP contribution in [0, 0.1) is 5.41 Å². The minimum absolute atomic E-state index is 0. The number of aliphatic hydroxyl groups excluding tert-OH is 1. The summed E-state index contributed by atoms with van der Waals surface area (Å²) < 4.78 is 2.92. The summed E-state index contributed by atoms with van der Waals surface area (Å²) in [5.41, 5.74) is 1.03. The molecule has 0 unspecified atom stereocenters. The zero-order valence-electron chi connectivity index (χ0n) is 7.43. The third-order valence-electron chi connectivity index (χ3n) is 1.93. The van der Waals surface area contributed by atoms with Gasteiger partial charge >= 0.3 is 0 Å². The highest BCUT2D eigenvalue weighted by Gasteiger charge is 2.02. The summed E-state index contributed by atoms with van der Waals surface area (Å²) in [5.74, 6) is 0. The van der Waals surface area contributed by atoms with Gasteiger partial charge < -0.3 is 9.67 Å². The van der Waals surface area contributed by atoms with Crippen LogP contribution < -0.4 is 4.80 Å². The van der Waals surface area contributed by atoms with Gasteiger partial charge in [0.2, 0.25) is 0 Å². The molecule has 1 aromatic carbocycles. The van der Waals surface area contributed by atoms with Crippen LogP contribution in [0.25, 0.3) is 10.2 Å². The number of rotatable bonds is 2. The summed E-state index contributed by atoms with van der Waals surface area (Å²) in [6.45, 7) is 0.583. The summed E-state index contributed by atoms with van der Waals surface area (Å²) >= 11 is 1.44. The van der Waals surface area contributed by atoms with Gasteiger partial charge in [-0.3, -0.25) is 5.41 Å². The number of hydrogen-bond acceptors (Lipinski definition) is 3. The van der Waals surface area contributed by atoms with E-state index in [1.54, 1.807) is 0 Å². The predicted octanol–water partition coefficient (Wildman–Crippen LogP) is 1.75. The van der Waals surface area contributed by atoms with E-state index >= 15 is 0 Å². The highest BCUT2D eigenvalue weighted by atomic mass is 79.9. The molecular formula is C9H11BrN2OS. The summed E-state index contributed by atoms with van der Waals surface area (Å²) in [7, 11) is 0. The minimum atomic E-state index is 0. The second-order valence-electron chi connectivity index (χ2n) is 2.75. The lowest BCUT2D eigenvalue weighted by Crippen LogP contribution is -2.14. The molecule has 2 rings (SSSR count). The highest BCUT2D eigenvalue weighted by molar-refractivity contribution is 8.93. The Bertz CT molecular complexity index is 477. The van der Waals surface area contributed by atoms with Crippen LogP contribution in [0.4, 0.5) is 0 Å². The van der Waals surface area contributed by atoms with Crippen molar-refractivity contribution < 1.29 is 5.11 Å². The van der Waals surface area contributed by atoms with Gasteiger partial charge in [-0.2, -0.15) is 0 Å². The average molecular weight is 275 g/mol. The zero-order chi connectivity index (χ0) is 9.26. The summed E-state index contributed by atoms with van der Waals surface area (Å²) in [6.07, 6.45) is 0. The number of fused-ring (bicyclic) bond motifs is 1. The molecule has 5 heteroatoms. The standard InChI is InChI=1S/C9H10N2OS.BrH/c10-9-11(5-6-12)7-3-1-2-4-8(7)13-9;/h1-4,10,12H,5-6H2;1H. The lowest BCUT2D eigenvalue weighted by Gasteiger charge is -1.99. The fourth-order valence-corrected chi connectivity index (χ4v) is 2.29. The van der Waals surface area contributed by atoms with Crippen molar-refractivity contribution >= 4 is 38.5 Å². The molecule has 0 saturated heterocycles. The molecule has 0 aliphatic rings. The van der Waals surface area contributed by atoms with E-state index in [1.807, 2.05) is 28.8 Å². The number of benzene rings is 1. The van der Waals surface area contributed by atoms with Crippen molar-refractivity contribution in [2.45, 2.75) is 6.54 Å². The largest absolute Gasteiger partial charge is 0.395 e. The smallest absolute Gasteiger partial charge is 0.182 e. The van der Waals surface area contributed by atoms with Crippen LogP contribution in [0.2, 0.25) is 0 Å². The zero-order valence-corrected chi connectivity index (χ0v) is 9.96. The lowest BCUT2D eigenvalue weighted by atomic mass is 10.3. The molecule has 0 bridgehead atoms. The van der Waals surface area contributed by atoms with Gasteiger partial charge in [0.25, 0.3) is 0 Å². The van der Waals surface area contributed by atoms with Crippen LogP contribution in [-0.2, 0) is 6.54 Å². The van der Waals surface area contributed by atoms with Gasteiger partial charge in [0.05, 0.1) is 16.8 Å². The van der Waals surface area contributed by atoms with Gasteiger partial charge in [0.15, 0.2) is 4.80 Å². The maximum absolute atomic E-state index is 8.82. The first-order valence-corrected chi connectivity index (χ1v) is 4.88. The van der Waals surface area contributed by atoms with Crippen LogP contribution in [0.5, 0.6) is 0 Å². The van der Waals surface area contributed by atoms with Gasteiger partial charge in [-0.25, -0.2) is 0 Å². The Balaban J connectivity index is 0.000000980. The van der Waals surface area contributed by atoms with Crippen molar-refractivity contribution in [3.8, 4) is 0 Å². The Labute approximate surface area is 95.9 Å². The van der Waals surface area contributed by atoms with Crippen molar-refractivity contribution in [3.05, 3.63) is 29.1 Å². The van der Waals surface area contributed by atoms with E-state index in [0.717, 1.165) is 10.2 Å².